The minimum atomic E-state index is 0.178. The van der Waals surface area contributed by atoms with Crippen molar-refractivity contribution in [2.45, 2.75) is 0 Å². The van der Waals surface area contributed by atoms with Crippen LogP contribution in [0.25, 0.3) is 17.0 Å². The first-order valence-electron chi connectivity index (χ1n) is 4.79. The molecule has 1 N–H and O–H groups in total. The molecule has 3 rings (SSSR count). The summed E-state index contributed by atoms with van der Waals surface area (Å²) < 4.78 is 1.73. The predicted octanol–water partition coefficient (Wildman–Crippen LogP) is 1.50. The lowest BCUT2D eigenvalue weighted by atomic mass is 10.3. The van der Waals surface area contributed by atoms with E-state index >= 15 is 0 Å². The zero-order valence-corrected chi connectivity index (χ0v) is 8.28. The largest absolute Gasteiger partial charge is 0.506 e. The Kier molecular flexibility index (Phi) is 1.83. The van der Waals surface area contributed by atoms with Gasteiger partial charge in [0.25, 0.3) is 0 Å². The molecule has 5 heteroatoms. The minimum absolute atomic E-state index is 0.178. The number of pyridine rings is 2. The van der Waals surface area contributed by atoms with Crippen LogP contribution in [-0.2, 0) is 0 Å². The Labute approximate surface area is 91.0 Å². The van der Waals surface area contributed by atoms with E-state index in [1.54, 1.807) is 35.1 Å². The standard InChI is InChI=1S/C11H8N4O/c16-9-3-4-10-13-14-11(15(10)7-9)8-2-1-5-12-6-8/h1-7,16H. The Morgan fingerprint density at radius 2 is 2.06 bits per heavy atom. The molecule has 0 spiro atoms. The zero-order chi connectivity index (χ0) is 11.0. The van der Waals surface area contributed by atoms with Gasteiger partial charge in [-0.15, -0.1) is 10.2 Å². The number of fused-ring (bicyclic) bond motifs is 1. The molecule has 0 fully saturated rings. The van der Waals surface area contributed by atoms with Gasteiger partial charge in [0.1, 0.15) is 5.75 Å². The van der Waals surface area contributed by atoms with Crippen molar-refractivity contribution in [3.05, 3.63) is 42.9 Å². The molecule has 0 saturated carbocycles. The molecule has 0 saturated heterocycles. The molecule has 0 unspecified atom stereocenters. The van der Waals surface area contributed by atoms with Gasteiger partial charge in [-0.2, -0.15) is 0 Å². The Morgan fingerprint density at radius 3 is 2.88 bits per heavy atom. The summed E-state index contributed by atoms with van der Waals surface area (Å²) in [5, 5.41) is 17.5. The summed E-state index contributed by atoms with van der Waals surface area (Å²) in [7, 11) is 0. The second-order valence-electron chi connectivity index (χ2n) is 3.38. The lowest BCUT2D eigenvalue weighted by Crippen LogP contribution is -1.89. The predicted molar refractivity (Wildman–Crippen MR) is 57.9 cm³/mol. The number of hydrogen-bond acceptors (Lipinski definition) is 4. The fourth-order valence-electron chi connectivity index (χ4n) is 1.57. The van der Waals surface area contributed by atoms with Crippen molar-refractivity contribution in [2.75, 3.05) is 0 Å². The van der Waals surface area contributed by atoms with Crippen LogP contribution in [0.15, 0.2) is 42.9 Å². The van der Waals surface area contributed by atoms with Crippen molar-refractivity contribution in [2.24, 2.45) is 0 Å². The van der Waals surface area contributed by atoms with Crippen molar-refractivity contribution in [3.8, 4) is 17.1 Å². The summed E-state index contributed by atoms with van der Waals surface area (Å²) in [5.41, 5.74) is 1.55. The van der Waals surface area contributed by atoms with Crippen LogP contribution in [0.5, 0.6) is 5.75 Å². The van der Waals surface area contributed by atoms with Gasteiger partial charge < -0.3 is 5.11 Å². The fourth-order valence-corrected chi connectivity index (χ4v) is 1.57. The quantitative estimate of drug-likeness (QED) is 0.663. The van der Waals surface area contributed by atoms with E-state index in [1.165, 1.54) is 0 Å². The van der Waals surface area contributed by atoms with Gasteiger partial charge in [0.05, 0.1) is 6.20 Å². The molecule has 0 radical (unpaired) electrons. The summed E-state index contributed by atoms with van der Waals surface area (Å²) >= 11 is 0. The smallest absolute Gasteiger partial charge is 0.170 e. The highest BCUT2D eigenvalue weighted by Crippen LogP contribution is 2.19. The average molecular weight is 212 g/mol. The van der Waals surface area contributed by atoms with Crippen LogP contribution in [0.2, 0.25) is 0 Å². The van der Waals surface area contributed by atoms with Crippen molar-refractivity contribution in [1.29, 1.82) is 0 Å². The van der Waals surface area contributed by atoms with Gasteiger partial charge >= 0.3 is 0 Å². The number of rotatable bonds is 1. The summed E-state index contributed by atoms with van der Waals surface area (Å²) in [4.78, 5) is 4.03. The molecule has 5 nitrogen and oxygen atoms in total. The van der Waals surface area contributed by atoms with Gasteiger partial charge in [0, 0.05) is 18.0 Å². The first-order chi connectivity index (χ1) is 7.84. The average Bonchev–Trinajstić information content (AvgIpc) is 2.73. The molecule has 16 heavy (non-hydrogen) atoms. The van der Waals surface area contributed by atoms with Gasteiger partial charge in [-0.25, -0.2) is 0 Å². The van der Waals surface area contributed by atoms with Crippen LogP contribution < -0.4 is 0 Å². The maximum atomic E-state index is 9.43. The Bertz CT molecular complexity index is 633. The van der Waals surface area contributed by atoms with E-state index in [0.29, 0.717) is 11.5 Å². The number of nitrogens with zero attached hydrogens (tertiary/aromatic N) is 4. The highest BCUT2D eigenvalue weighted by Gasteiger charge is 2.07. The lowest BCUT2D eigenvalue weighted by molar-refractivity contribution is 0.472. The maximum absolute atomic E-state index is 9.43. The molecule has 0 atom stereocenters. The normalized spacial score (nSPS) is 10.8. The number of hydrogen-bond donors (Lipinski definition) is 1. The Balaban J connectivity index is 2.29. The Morgan fingerprint density at radius 1 is 1.12 bits per heavy atom. The van der Waals surface area contributed by atoms with Gasteiger partial charge in [-0.05, 0) is 24.3 Å². The summed E-state index contributed by atoms with van der Waals surface area (Å²) in [6, 6.07) is 7.02. The molecule has 0 amide bonds. The van der Waals surface area contributed by atoms with Crippen molar-refractivity contribution in [1.82, 2.24) is 19.6 Å². The van der Waals surface area contributed by atoms with E-state index in [4.69, 9.17) is 0 Å². The van der Waals surface area contributed by atoms with E-state index in [9.17, 15) is 5.11 Å². The van der Waals surface area contributed by atoms with Crippen LogP contribution >= 0.6 is 0 Å². The molecule has 0 aliphatic heterocycles. The van der Waals surface area contributed by atoms with Crippen molar-refractivity contribution in [3.63, 3.8) is 0 Å². The third kappa shape index (κ3) is 1.30. The van der Waals surface area contributed by atoms with Crippen LogP contribution in [0, 0.1) is 0 Å². The third-order valence-electron chi connectivity index (χ3n) is 2.31. The van der Waals surface area contributed by atoms with Crippen molar-refractivity contribution < 1.29 is 5.11 Å². The molecule has 3 aromatic heterocycles. The van der Waals surface area contributed by atoms with E-state index in [1.807, 2.05) is 12.1 Å². The zero-order valence-electron chi connectivity index (χ0n) is 8.28. The highest BCUT2D eigenvalue weighted by molar-refractivity contribution is 5.58. The number of aromatic nitrogens is 4. The van der Waals surface area contributed by atoms with E-state index < -0.39 is 0 Å². The van der Waals surface area contributed by atoms with Gasteiger partial charge in [-0.3, -0.25) is 9.38 Å². The molecule has 0 aliphatic rings. The second-order valence-corrected chi connectivity index (χ2v) is 3.38. The van der Waals surface area contributed by atoms with Gasteiger partial charge in [0.2, 0.25) is 0 Å². The van der Waals surface area contributed by atoms with Crippen LogP contribution in [0.3, 0.4) is 0 Å². The summed E-state index contributed by atoms with van der Waals surface area (Å²) in [6.45, 7) is 0. The lowest BCUT2D eigenvalue weighted by Gasteiger charge is -1.99. The molecular formula is C11H8N4O. The van der Waals surface area contributed by atoms with Gasteiger partial charge in [0.15, 0.2) is 11.5 Å². The molecule has 0 aromatic carbocycles. The SMILES string of the molecule is Oc1ccc2nnc(-c3cccnc3)n2c1. The van der Waals surface area contributed by atoms with E-state index in [-0.39, 0.29) is 5.75 Å². The van der Waals surface area contributed by atoms with E-state index in [0.717, 1.165) is 5.56 Å². The summed E-state index contributed by atoms with van der Waals surface area (Å²) in [6.07, 6.45) is 4.99. The maximum Gasteiger partial charge on any atom is 0.170 e. The summed E-state index contributed by atoms with van der Waals surface area (Å²) in [5.74, 6) is 0.844. The van der Waals surface area contributed by atoms with E-state index in [2.05, 4.69) is 15.2 Å². The van der Waals surface area contributed by atoms with Crippen LogP contribution in [0.1, 0.15) is 0 Å². The first-order valence-corrected chi connectivity index (χ1v) is 4.79. The van der Waals surface area contributed by atoms with Crippen LogP contribution in [0.4, 0.5) is 0 Å². The fraction of sp³-hybridized carbons (Fsp3) is 0. The second kappa shape index (κ2) is 3.30. The third-order valence-corrected chi connectivity index (χ3v) is 2.31. The monoisotopic (exact) mass is 212 g/mol. The van der Waals surface area contributed by atoms with Crippen LogP contribution in [-0.4, -0.2) is 24.7 Å². The number of aromatic hydroxyl groups is 1. The molecule has 3 aromatic rings. The molecule has 78 valence electrons. The van der Waals surface area contributed by atoms with Gasteiger partial charge in [-0.1, -0.05) is 0 Å². The molecule has 0 aliphatic carbocycles. The topological polar surface area (TPSA) is 63.3 Å². The van der Waals surface area contributed by atoms with Crippen molar-refractivity contribution >= 4 is 5.65 Å². The Hall–Kier alpha value is -2.43. The molecule has 3 heterocycles. The molecular weight excluding hydrogens is 204 g/mol. The first kappa shape index (κ1) is 8.84. The minimum Gasteiger partial charge on any atom is -0.506 e. The highest BCUT2D eigenvalue weighted by atomic mass is 16.3. The molecule has 0 bridgehead atoms.